The molecule has 1 aromatic carbocycles. The molecule has 1 aliphatic heterocycles. The van der Waals surface area contributed by atoms with Crippen LogP contribution < -0.4 is 4.74 Å². The Morgan fingerprint density at radius 1 is 1.32 bits per heavy atom. The molecule has 116 valence electrons. The van der Waals surface area contributed by atoms with Crippen LogP contribution in [-0.2, 0) is 4.79 Å². The summed E-state index contributed by atoms with van der Waals surface area (Å²) < 4.78 is 5.17. The van der Waals surface area contributed by atoms with Crippen molar-refractivity contribution in [2.75, 3.05) is 20.2 Å². The summed E-state index contributed by atoms with van der Waals surface area (Å²) in [5.41, 5.74) is 1.05. The summed E-state index contributed by atoms with van der Waals surface area (Å²) in [7, 11) is 1.65. The molecule has 1 saturated heterocycles. The molecule has 0 saturated carbocycles. The number of benzene rings is 1. The summed E-state index contributed by atoms with van der Waals surface area (Å²) >= 11 is 1.62. The first-order valence-electron chi connectivity index (χ1n) is 7.40. The second-order valence-electron chi connectivity index (χ2n) is 5.48. The van der Waals surface area contributed by atoms with Crippen LogP contribution >= 0.6 is 11.3 Å². The van der Waals surface area contributed by atoms with E-state index in [4.69, 9.17) is 4.74 Å². The van der Waals surface area contributed by atoms with E-state index in [-0.39, 0.29) is 5.91 Å². The molecule has 6 heteroatoms. The number of piperidine rings is 1. The molecule has 3 rings (SSSR count). The summed E-state index contributed by atoms with van der Waals surface area (Å²) in [6.45, 7) is 3.24. The Labute approximate surface area is 133 Å². The van der Waals surface area contributed by atoms with Crippen molar-refractivity contribution in [3.05, 3.63) is 29.3 Å². The number of hydrogen-bond acceptors (Lipinski definition) is 5. The Bertz CT molecular complexity index is 654. The van der Waals surface area contributed by atoms with E-state index in [9.17, 15) is 4.79 Å². The first-order chi connectivity index (χ1) is 10.7. The summed E-state index contributed by atoms with van der Waals surface area (Å²) in [4.78, 5) is 13.4. The normalized spacial score (nSPS) is 18.3. The molecule has 0 radical (unpaired) electrons. The minimum Gasteiger partial charge on any atom is -0.497 e. The monoisotopic (exact) mass is 317 g/mol. The Kier molecular flexibility index (Phi) is 4.38. The van der Waals surface area contributed by atoms with E-state index in [1.807, 2.05) is 29.2 Å². The van der Waals surface area contributed by atoms with Gasteiger partial charge in [0.25, 0.3) is 0 Å². The fourth-order valence-electron chi connectivity index (χ4n) is 2.71. The third-order valence-electron chi connectivity index (χ3n) is 3.99. The zero-order chi connectivity index (χ0) is 15.5. The number of methoxy groups -OCH3 is 1. The van der Waals surface area contributed by atoms with Crippen molar-refractivity contribution in [3.8, 4) is 16.3 Å². The fourth-order valence-corrected chi connectivity index (χ4v) is 3.69. The first-order valence-corrected chi connectivity index (χ1v) is 8.22. The van der Waals surface area contributed by atoms with Crippen LogP contribution in [0.4, 0.5) is 0 Å². The predicted octanol–water partition coefficient (Wildman–Crippen LogP) is 2.94. The average Bonchev–Trinajstić information content (AvgIpc) is 3.05. The van der Waals surface area contributed by atoms with E-state index in [1.165, 1.54) is 0 Å². The second-order valence-corrected chi connectivity index (χ2v) is 6.49. The predicted molar refractivity (Wildman–Crippen MR) is 86.1 cm³/mol. The van der Waals surface area contributed by atoms with Gasteiger partial charge in [0, 0.05) is 31.5 Å². The number of ether oxygens (including phenoxy) is 1. The molecule has 1 atom stereocenters. The number of aromatic nitrogens is 2. The largest absolute Gasteiger partial charge is 0.497 e. The Morgan fingerprint density at radius 3 is 2.77 bits per heavy atom. The molecule has 22 heavy (non-hydrogen) atoms. The molecule has 5 nitrogen and oxygen atoms in total. The van der Waals surface area contributed by atoms with Crippen LogP contribution in [0.5, 0.6) is 5.75 Å². The standard InChI is InChI=1S/C16H19N3O2S/c1-11(20)19-9-3-4-13(10-19)16-18-17-15(22-16)12-5-7-14(21-2)8-6-12/h5-8,13H,3-4,9-10H2,1-2H3. The van der Waals surface area contributed by atoms with Gasteiger partial charge in [-0.05, 0) is 37.1 Å². The summed E-state index contributed by atoms with van der Waals surface area (Å²) in [5.74, 6) is 1.28. The van der Waals surface area contributed by atoms with Crippen molar-refractivity contribution < 1.29 is 9.53 Å². The highest BCUT2D eigenvalue weighted by molar-refractivity contribution is 7.14. The maximum atomic E-state index is 11.5. The number of nitrogens with zero attached hydrogens (tertiary/aromatic N) is 3. The van der Waals surface area contributed by atoms with Gasteiger partial charge in [-0.15, -0.1) is 10.2 Å². The van der Waals surface area contributed by atoms with Crippen molar-refractivity contribution in [1.29, 1.82) is 0 Å². The van der Waals surface area contributed by atoms with Crippen molar-refractivity contribution in [2.45, 2.75) is 25.7 Å². The number of likely N-dealkylation sites (tertiary alicyclic amines) is 1. The van der Waals surface area contributed by atoms with E-state index < -0.39 is 0 Å². The maximum Gasteiger partial charge on any atom is 0.219 e. The Balaban J connectivity index is 1.76. The minimum atomic E-state index is 0.143. The van der Waals surface area contributed by atoms with Gasteiger partial charge in [-0.3, -0.25) is 4.79 Å². The third kappa shape index (κ3) is 3.11. The third-order valence-corrected chi connectivity index (χ3v) is 5.13. The summed E-state index contributed by atoms with van der Waals surface area (Å²) in [5, 5.41) is 10.6. The fraction of sp³-hybridized carbons (Fsp3) is 0.438. The smallest absolute Gasteiger partial charge is 0.219 e. The van der Waals surface area contributed by atoms with Crippen LogP contribution in [-0.4, -0.2) is 41.2 Å². The van der Waals surface area contributed by atoms with E-state index >= 15 is 0 Å². The summed E-state index contributed by atoms with van der Waals surface area (Å²) in [6.07, 6.45) is 2.10. The quantitative estimate of drug-likeness (QED) is 0.873. The van der Waals surface area contributed by atoms with Gasteiger partial charge in [-0.1, -0.05) is 11.3 Å². The SMILES string of the molecule is COc1ccc(-c2nnc(C3CCCN(C(C)=O)C3)s2)cc1. The zero-order valence-corrected chi connectivity index (χ0v) is 13.6. The van der Waals surface area contributed by atoms with Crippen molar-refractivity contribution in [3.63, 3.8) is 0 Å². The average molecular weight is 317 g/mol. The highest BCUT2D eigenvalue weighted by Crippen LogP contribution is 2.33. The number of carbonyl (C=O) groups is 1. The minimum absolute atomic E-state index is 0.143. The molecule has 2 aromatic rings. The molecule has 1 fully saturated rings. The van der Waals surface area contributed by atoms with E-state index in [0.29, 0.717) is 5.92 Å². The van der Waals surface area contributed by atoms with Crippen molar-refractivity contribution in [2.24, 2.45) is 0 Å². The molecule has 1 unspecified atom stereocenters. The van der Waals surface area contributed by atoms with Gasteiger partial charge in [0.15, 0.2) is 0 Å². The molecule has 2 heterocycles. The van der Waals surface area contributed by atoms with Crippen molar-refractivity contribution in [1.82, 2.24) is 15.1 Å². The van der Waals surface area contributed by atoms with Crippen LogP contribution in [0.15, 0.2) is 24.3 Å². The molecule has 1 amide bonds. The van der Waals surface area contributed by atoms with Crippen LogP contribution in [0, 0.1) is 0 Å². The highest BCUT2D eigenvalue weighted by atomic mass is 32.1. The lowest BCUT2D eigenvalue weighted by atomic mass is 9.99. The lowest BCUT2D eigenvalue weighted by molar-refractivity contribution is -0.130. The first kappa shape index (κ1) is 15.0. The molecule has 0 N–H and O–H groups in total. The van der Waals surface area contributed by atoms with Gasteiger partial charge in [-0.2, -0.15) is 0 Å². The van der Waals surface area contributed by atoms with Crippen LogP contribution in [0.1, 0.15) is 30.7 Å². The number of hydrogen-bond donors (Lipinski definition) is 0. The van der Waals surface area contributed by atoms with Gasteiger partial charge in [0.05, 0.1) is 7.11 Å². The number of carbonyl (C=O) groups excluding carboxylic acids is 1. The van der Waals surface area contributed by atoms with Crippen LogP contribution in [0.3, 0.4) is 0 Å². The summed E-state index contributed by atoms with van der Waals surface area (Å²) in [6, 6.07) is 7.83. The molecule has 1 aliphatic rings. The van der Waals surface area contributed by atoms with Gasteiger partial charge >= 0.3 is 0 Å². The van der Waals surface area contributed by atoms with Crippen LogP contribution in [0.2, 0.25) is 0 Å². The van der Waals surface area contributed by atoms with E-state index in [0.717, 1.165) is 47.3 Å². The molecule has 0 bridgehead atoms. The molecular formula is C16H19N3O2S. The van der Waals surface area contributed by atoms with E-state index in [2.05, 4.69) is 10.2 Å². The maximum absolute atomic E-state index is 11.5. The number of amides is 1. The Morgan fingerprint density at radius 2 is 2.09 bits per heavy atom. The highest BCUT2D eigenvalue weighted by Gasteiger charge is 2.25. The second kappa shape index (κ2) is 6.44. The zero-order valence-electron chi connectivity index (χ0n) is 12.8. The lowest BCUT2D eigenvalue weighted by Crippen LogP contribution is -2.37. The lowest BCUT2D eigenvalue weighted by Gasteiger charge is -2.30. The topological polar surface area (TPSA) is 55.3 Å². The molecule has 1 aromatic heterocycles. The van der Waals surface area contributed by atoms with Gasteiger partial charge in [0.1, 0.15) is 15.8 Å². The molecule has 0 aliphatic carbocycles. The Hall–Kier alpha value is -1.95. The van der Waals surface area contributed by atoms with Gasteiger partial charge in [-0.25, -0.2) is 0 Å². The van der Waals surface area contributed by atoms with Gasteiger partial charge in [0.2, 0.25) is 5.91 Å². The molecular weight excluding hydrogens is 298 g/mol. The number of rotatable bonds is 3. The van der Waals surface area contributed by atoms with E-state index in [1.54, 1.807) is 25.4 Å². The van der Waals surface area contributed by atoms with Crippen molar-refractivity contribution >= 4 is 17.2 Å². The van der Waals surface area contributed by atoms with Crippen LogP contribution in [0.25, 0.3) is 10.6 Å². The van der Waals surface area contributed by atoms with Gasteiger partial charge < -0.3 is 9.64 Å². The molecule has 0 spiro atoms.